The maximum absolute atomic E-state index is 5.33. The molecule has 0 aliphatic rings. The van der Waals surface area contributed by atoms with Crippen LogP contribution in [-0.4, -0.2) is 24.1 Å². The topological polar surface area (TPSA) is 48.5 Å². The maximum Gasteiger partial charge on any atom is 0.164 e. The fourth-order valence-electron chi connectivity index (χ4n) is 10.8. The van der Waals surface area contributed by atoms with Crippen LogP contribution in [0.5, 0.6) is 0 Å². The van der Waals surface area contributed by atoms with Crippen molar-refractivity contribution in [3.8, 4) is 90.0 Å². The second kappa shape index (κ2) is 18.0. The largest absolute Gasteiger partial charge is 0.309 e. The third kappa shape index (κ3) is 7.63. The SMILES string of the molecule is c1ccc(-c2ccc3c(c2)c2cc(-c4ccccc4)ccc2n3-c2cc(-c3nc(-c4ccccc4)nc(-c4ccccc4)n3)cc(-n3c4ccc(-c5ccccc5)cc4c4cc(-c5ccccc5)ccc43)c2)cc1. The van der Waals surface area contributed by atoms with Gasteiger partial charge in [0, 0.05) is 49.6 Å². The van der Waals surface area contributed by atoms with Gasteiger partial charge in [-0.15, -0.1) is 0 Å². The zero-order valence-corrected chi connectivity index (χ0v) is 40.2. The molecule has 11 aromatic carbocycles. The van der Waals surface area contributed by atoms with Crippen LogP contribution in [0.1, 0.15) is 0 Å². The van der Waals surface area contributed by atoms with E-state index in [0.29, 0.717) is 17.5 Å². The molecule has 5 nitrogen and oxygen atoms in total. The number of aromatic nitrogens is 5. The molecule has 0 N–H and O–H groups in total. The van der Waals surface area contributed by atoms with Gasteiger partial charge in [0.2, 0.25) is 0 Å². The van der Waals surface area contributed by atoms with Gasteiger partial charge in [0.05, 0.1) is 22.1 Å². The van der Waals surface area contributed by atoms with Crippen molar-refractivity contribution >= 4 is 43.6 Å². The highest BCUT2D eigenvalue weighted by Gasteiger charge is 2.22. The molecule has 5 heteroatoms. The molecule has 14 rings (SSSR count). The maximum atomic E-state index is 5.33. The number of rotatable bonds is 9. The van der Waals surface area contributed by atoms with Gasteiger partial charge < -0.3 is 9.13 Å². The highest BCUT2D eigenvalue weighted by atomic mass is 15.0. The zero-order valence-electron chi connectivity index (χ0n) is 40.2. The Bertz CT molecular complexity index is 3910. The Labute approximate surface area is 428 Å². The lowest BCUT2D eigenvalue weighted by molar-refractivity contribution is 1.07. The van der Waals surface area contributed by atoms with Crippen LogP contribution >= 0.6 is 0 Å². The van der Waals surface area contributed by atoms with E-state index < -0.39 is 0 Å². The standard InChI is InChI=1S/C69H45N5/c1-7-19-46(20-8-1)52-31-35-63-59(41-52)60-42-53(47-21-9-2-10-22-47)32-36-64(60)73(63)57-39-56(69-71-67(50-27-15-5-16-28-50)70-68(72-69)51-29-17-6-18-30-51)40-58(45-57)74-65-37-33-54(48-23-11-3-12-24-48)43-61(65)62-44-55(34-38-66(62)74)49-25-13-4-14-26-49/h1-45H. The van der Waals surface area contributed by atoms with Crippen molar-refractivity contribution in [3.05, 3.63) is 273 Å². The van der Waals surface area contributed by atoms with Crippen LogP contribution < -0.4 is 0 Å². The molecule has 0 fully saturated rings. The lowest BCUT2D eigenvalue weighted by Gasteiger charge is -2.16. The van der Waals surface area contributed by atoms with Gasteiger partial charge in [-0.3, -0.25) is 0 Å². The number of hydrogen-bond donors (Lipinski definition) is 0. The average Bonchev–Trinajstić information content (AvgIpc) is 4.02. The minimum absolute atomic E-state index is 0.581. The first-order valence-corrected chi connectivity index (χ1v) is 25.1. The minimum atomic E-state index is 0.581. The van der Waals surface area contributed by atoms with Crippen molar-refractivity contribution in [2.75, 3.05) is 0 Å². The van der Waals surface area contributed by atoms with E-state index >= 15 is 0 Å². The first kappa shape index (κ1) is 42.9. The van der Waals surface area contributed by atoms with Gasteiger partial charge in [-0.05, 0) is 111 Å². The van der Waals surface area contributed by atoms with E-state index in [4.69, 9.17) is 15.0 Å². The highest BCUT2D eigenvalue weighted by molar-refractivity contribution is 6.13. The molecule has 74 heavy (non-hydrogen) atoms. The number of benzene rings is 11. The molecule has 0 unspecified atom stereocenters. The minimum Gasteiger partial charge on any atom is -0.309 e. The molecular formula is C69H45N5. The lowest BCUT2D eigenvalue weighted by Crippen LogP contribution is -2.03. The predicted octanol–water partition coefficient (Wildman–Crippen LogP) is 17.7. The van der Waals surface area contributed by atoms with Crippen LogP contribution in [0.3, 0.4) is 0 Å². The van der Waals surface area contributed by atoms with Crippen LogP contribution in [0.25, 0.3) is 134 Å². The van der Waals surface area contributed by atoms with Crippen LogP contribution in [0.2, 0.25) is 0 Å². The van der Waals surface area contributed by atoms with E-state index in [9.17, 15) is 0 Å². The molecule has 346 valence electrons. The van der Waals surface area contributed by atoms with Gasteiger partial charge in [0.1, 0.15) is 0 Å². The molecular weight excluding hydrogens is 899 g/mol. The van der Waals surface area contributed by atoms with Gasteiger partial charge in [-0.2, -0.15) is 0 Å². The summed E-state index contributed by atoms with van der Waals surface area (Å²) >= 11 is 0. The fraction of sp³-hybridized carbons (Fsp3) is 0. The summed E-state index contributed by atoms with van der Waals surface area (Å²) in [6.45, 7) is 0. The van der Waals surface area contributed by atoms with Gasteiger partial charge in [-0.1, -0.05) is 206 Å². The summed E-state index contributed by atoms with van der Waals surface area (Å²) in [6.07, 6.45) is 0. The summed E-state index contributed by atoms with van der Waals surface area (Å²) in [5.41, 5.74) is 18.4. The van der Waals surface area contributed by atoms with Gasteiger partial charge in [0.25, 0.3) is 0 Å². The van der Waals surface area contributed by atoms with Crippen molar-refractivity contribution in [3.63, 3.8) is 0 Å². The molecule has 0 saturated heterocycles. The van der Waals surface area contributed by atoms with Crippen LogP contribution in [0.15, 0.2) is 273 Å². The molecule has 0 atom stereocenters. The quantitative estimate of drug-likeness (QED) is 0.145. The van der Waals surface area contributed by atoms with E-state index in [2.05, 4.69) is 246 Å². The summed E-state index contributed by atoms with van der Waals surface area (Å²) in [4.78, 5) is 15.8. The summed E-state index contributed by atoms with van der Waals surface area (Å²) < 4.78 is 4.85. The Hall–Kier alpha value is -9.97. The summed E-state index contributed by atoms with van der Waals surface area (Å²) in [7, 11) is 0. The first-order valence-electron chi connectivity index (χ1n) is 25.1. The third-order valence-electron chi connectivity index (χ3n) is 14.3. The Morgan fingerprint density at radius 2 is 0.432 bits per heavy atom. The molecule has 0 aliphatic carbocycles. The third-order valence-corrected chi connectivity index (χ3v) is 14.3. The Balaban J connectivity index is 1.07. The monoisotopic (exact) mass is 943 g/mol. The first-order chi connectivity index (χ1) is 36.7. The molecule has 0 aliphatic heterocycles. The predicted molar refractivity (Wildman–Crippen MR) is 307 cm³/mol. The van der Waals surface area contributed by atoms with Crippen molar-refractivity contribution in [1.82, 2.24) is 24.1 Å². The van der Waals surface area contributed by atoms with E-state index in [0.717, 1.165) is 50.1 Å². The van der Waals surface area contributed by atoms with E-state index in [1.165, 1.54) is 66.1 Å². The Morgan fingerprint density at radius 1 is 0.189 bits per heavy atom. The summed E-state index contributed by atoms with van der Waals surface area (Å²) in [5.74, 6) is 1.80. The lowest BCUT2D eigenvalue weighted by atomic mass is 10.0. The normalized spacial score (nSPS) is 11.5. The average molecular weight is 944 g/mol. The molecule has 0 spiro atoms. The molecule has 0 saturated carbocycles. The van der Waals surface area contributed by atoms with Gasteiger partial charge >= 0.3 is 0 Å². The Morgan fingerprint density at radius 3 is 0.703 bits per heavy atom. The second-order valence-corrected chi connectivity index (χ2v) is 18.8. The zero-order chi connectivity index (χ0) is 49.0. The summed E-state index contributed by atoms with van der Waals surface area (Å²) in [6, 6.07) is 97.5. The number of fused-ring (bicyclic) bond motifs is 6. The fourth-order valence-corrected chi connectivity index (χ4v) is 10.8. The van der Waals surface area contributed by atoms with E-state index in [1.807, 2.05) is 36.4 Å². The molecule has 0 amide bonds. The number of nitrogens with zero attached hydrogens (tertiary/aromatic N) is 5. The van der Waals surface area contributed by atoms with Gasteiger partial charge in [0.15, 0.2) is 17.5 Å². The second-order valence-electron chi connectivity index (χ2n) is 18.8. The molecule has 0 radical (unpaired) electrons. The Kier molecular flexibility index (Phi) is 10.4. The molecule has 3 aromatic heterocycles. The van der Waals surface area contributed by atoms with E-state index in [1.54, 1.807) is 0 Å². The van der Waals surface area contributed by atoms with Gasteiger partial charge in [-0.25, -0.2) is 15.0 Å². The molecule has 3 heterocycles. The number of hydrogen-bond acceptors (Lipinski definition) is 3. The van der Waals surface area contributed by atoms with Crippen LogP contribution in [-0.2, 0) is 0 Å². The van der Waals surface area contributed by atoms with Crippen molar-refractivity contribution in [2.45, 2.75) is 0 Å². The summed E-state index contributed by atoms with van der Waals surface area (Å²) in [5, 5.41) is 4.68. The van der Waals surface area contributed by atoms with Crippen molar-refractivity contribution in [1.29, 1.82) is 0 Å². The van der Waals surface area contributed by atoms with E-state index in [-0.39, 0.29) is 0 Å². The van der Waals surface area contributed by atoms with Crippen LogP contribution in [0.4, 0.5) is 0 Å². The van der Waals surface area contributed by atoms with Crippen LogP contribution in [0, 0.1) is 0 Å². The highest BCUT2D eigenvalue weighted by Crippen LogP contribution is 2.42. The van der Waals surface area contributed by atoms with Crippen molar-refractivity contribution in [2.24, 2.45) is 0 Å². The molecule has 0 bridgehead atoms. The van der Waals surface area contributed by atoms with Crippen molar-refractivity contribution < 1.29 is 0 Å². The molecule has 14 aromatic rings. The smallest absolute Gasteiger partial charge is 0.164 e.